The zero-order valence-corrected chi connectivity index (χ0v) is 33.4. The Labute approximate surface area is 325 Å². The third-order valence-corrected chi connectivity index (χ3v) is 10.0. The van der Waals surface area contributed by atoms with E-state index < -0.39 is 6.04 Å². The quantitative estimate of drug-likeness (QED) is 0.0266. The lowest BCUT2D eigenvalue weighted by Gasteiger charge is -2.28. The summed E-state index contributed by atoms with van der Waals surface area (Å²) in [6.07, 6.45) is 6.05. The van der Waals surface area contributed by atoms with Gasteiger partial charge in [0.2, 0.25) is 5.91 Å². The van der Waals surface area contributed by atoms with Gasteiger partial charge in [-0.25, -0.2) is 0 Å². The van der Waals surface area contributed by atoms with Crippen LogP contribution in [0.5, 0.6) is 0 Å². The number of aromatic nitrogens is 1. The van der Waals surface area contributed by atoms with Crippen LogP contribution >= 0.6 is 0 Å². The maximum absolute atomic E-state index is 12.5. The number of unbranched alkanes of at least 4 members (excludes halogenated alkanes) is 2. The van der Waals surface area contributed by atoms with Crippen LogP contribution in [0, 0.1) is 20.8 Å². The minimum Gasteiger partial charge on any atom is -0.385 e. The Bertz CT molecular complexity index is 1930. The summed E-state index contributed by atoms with van der Waals surface area (Å²) < 4.78 is 5.51. The predicted molar refractivity (Wildman–Crippen MR) is 222 cm³/mol. The average Bonchev–Trinajstić information content (AvgIpc) is 3.52. The summed E-state index contributed by atoms with van der Waals surface area (Å²) in [7, 11) is 3.42. The number of rotatable bonds is 22. The van der Waals surface area contributed by atoms with E-state index >= 15 is 0 Å². The van der Waals surface area contributed by atoms with Gasteiger partial charge in [-0.2, -0.15) is 0 Å². The fraction of sp³-hybridized carbons (Fsp3) is 0.386. The van der Waals surface area contributed by atoms with Gasteiger partial charge in [0.1, 0.15) is 24.1 Å². The maximum atomic E-state index is 12.5. The number of anilines is 3. The zero-order valence-electron chi connectivity index (χ0n) is 33.4. The van der Waals surface area contributed by atoms with E-state index in [0.29, 0.717) is 18.5 Å². The molecular weight excluding hydrogens is 693 g/mol. The summed E-state index contributed by atoms with van der Waals surface area (Å²) in [5.41, 5.74) is 10.8. The number of oxime groups is 1. The number of carbonyl (C=O) groups excluding carboxylic acids is 3. The van der Waals surface area contributed by atoms with Crippen LogP contribution in [-0.2, 0) is 21.0 Å². The topological polar surface area (TPSA) is 129 Å². The van der Waals surface area contributed by atoms with Crippen LogP contribution < -0.4 is 15.5 Å². The van der Waals surface area contributed by atoms with Gasteiger partial charge in [-0.05, 0) is 131 Å². The van der Waals surface area contributed by atoms with Crippen molar-refractivity contribution in [3.8, 4) is 11.1 Å². The third kappa shape index (κ3) is 11.0. The molecule has 0 aliphatic rings. The lowest BCUT2D eigenvalue weighted by atomic mass is 9.99. The van der Waals surface area contributed by atoms with Gasteiger partial charge in [0, 0.05) is 68.0 Å². The molecule has 3 aromatic carbocycles. The molecule has 0 saturated heterocycles. The van der Waals surface area contributed by atoms with Crippen LogP contribution in [0.25, 0.3) is 16.7 Å². The van der Waals surface area contributed by atoms with Crippen molar-refractivity contribution in [3.05, 3.63) is 100 Å². The molecule has 0 saturated carbocycles. The van der Waals surface area contributed by atoms with E-state index in [-0.39, 0.29) is 12.3 Å². The van der Waals surface area contributed by atoms with Gasteiger partial charge in [-0.1, -0.05) is 41.5 Å². The van der Waals surface area contributed by atoms with E-state index in [9.17, 15) is 14.4 Å². The highest BCUT2D eigenvalue weighted by Gasteiger charge is 2.23. The van der Waals surface area contributed by atoms with E-state index in [4.69, 9.17) is 9.36 Å². The Morgan fingerprint density at radius 1 is 1.04 bits per heavy atom. The van der Waals surface area contributed by atoms with Crippen LogP contribution in [0.4, 0.5) is 17.1 Å². The summed E-state index contributed by atoms with van der Waals surface area (Å²) in [4.78, 5) is 45.1. The number of likely N-dealkylation sites (N-methyl/N-ethyl adjacent to an activating group) is 2. The van der Waals surface area contributed by atoms with Crippen molar-refractivity contribution >= 4 is 47.8 Å². The molecule has 1 aromatic heterocycles. The highest BCUT2D eigenvalue weighted by molar-refractivity contribution is 5.82. The van der Waals surface area contributed by atoms with Gasteiger partial charge in [0.05, 0.1) is 11.7 Å². The average molecular weight is 749 g/mol. The highest BCUT2D eigenvalue weighted by atomic mass is 16.6. The first-order valence-corrected chi connectivity index (χ1v) is 19.0. The smallest absolute Gasteiger partial charge is 0.237 e. The van der Waals surface area contributed by atoms with Crippen molar-refractivity contribution in [3.63, 3.8) is 0 Å². The molecule has 292 valence electrons. The number of nitrogens with zero attached hydrogens (tertiary/aromatic N) is 4. The van der Waals surface area contributed by atoms with Gasteiger partial charge in [-0.3, -0.25) is 14.5 Å². The number of allylic oxidation sites excluding steroid dienone is 2. The van der Waals surface area contributed by atoms with Crippen molar-refractivity contribution in [2.24, 2.45) is 5.16 Å². The number of aldehydes is 2. The molecule has 11 nitrogen and oxygen atoms in total. The lowest BCUT2D eigenvalue weighted by molar-refractivity contribution is -0.126. The lowest BCUT2D eigenvalue weighted by Crippen LogP contribution is -2.43. The van der Waals surface area contributed by atoms with Crippen molar-refractivity contribution in [1.82, 2.24) is 15.4 Å². The van der Waals surface area contributed by atoms with E-state index in [1.54, 1.807) is 7.05 Å². The molecule has 0 fully saturated rings. The molecule has 1 unspecified atom stereocenters. The molecule has 0 aliphatic heterocycles. The third-order valence-electron chi connectivity index (χ3n) is 10.0. The molecule has 4 rings (SSSR count). The molecule has 0 bridgehead atoms. The normalized spacial score (nSPS) is 12.1. The van der Waals surface area contributed by atoms with Crippen LogP contribution in [0.15, 0.2) is 76.1 Å². The first-order valence-electron chi connectivity index (χ1n) is 19.0. The second-order valence-corrected chi connectivity index (χ2v) is 13.8. The van der Waals surface area contributed by atoms with Crippen molar-refractivity contribution in [2.45, 2.75) is 85.7 Å². The first-order chi connectivity index (χ1) is 26.6. The molecule has 0 aliphatic carbocycles. The number of nitrogens with one attached hydrogen (secondary N) is 2. The van der Waals surface area contributed by atoms with Crippen LogP contribution in [0.3, 0.4) is 0 Å². The highest BCUT2D eigenvalue weighted by Crippen LogP contribution is 2.36. The Balaban J connectivity index is 1.48. The van der Waals surface area contributed by atoms with Crippen molar-refractivity contribution < 1.29 is 23.7 Å². The number of carbonyl (C=O) groups is 3. The number of amides is 1. The maximum Gasteiger partial charge on any atom is 0.237 e. The Morgan fingerprint density at radius 2 is 1.80 bits per heavy atom. The standard InChI is InChI=1S/C44H56N6O5/c1-9-40(32(4)54-46-7)34-18-21-39(22-19-34)50(42-27-35(16-15-30(42)2)43-31(3)48-55-33(43)5)24-12-10-11-23-47-38-20-17-36(29-52)37(26-38)28-49(8)41(14-13-25-51)44(53)45-6/h15-22,25-27,29,41,47H,7,9-14,23-24,28H2,1-6,8H3,(H,45,53)/b40-32+. The van der Waals surface area contributed by atoms with Gasteiger partial charge < -0.3 is 29.7 Å². The van der Waals surface area contributed by atoms with Gasteiger partial charge >= 0.3 is 0 Å². The molecule has 0 radical (unpaired) electrons. The van der Waals surface area contributed by atoms with Crippen LogP contribution in [-0.4, -0.2) is 68.5 Å². The minimum absolute atomic E-state index is 0.157. The summed E-state index contributed by atoms with van der Waals surface area (Å²) in [5, 5.41) is 14.0. The van der Waals surface area contributed by atoms with Crippen LogP contribution in [0.2, 0.25) is 0 Å². The van der Waals surface area contributed by atoms with E-state index in [0.717, 1.165) is 113 Å². The summed E-state index contributed by atoms with van der Waals surface area (Å²) >= 11 is 0. The van der Waals surface area contributed by atoms with Gasteiger partial charge in [0.25, 0.3) is 0 Å². The molecule has 4 aromatic rings. The van der Waals surface area contributed by atoms with Crippen molar-refractivity contribution in [1.29, 1.82) is 0 Å². The molecule has 11 heteroatoms. The SMILES string of the molecule is C=NO/C(C)=C(\CC)c1ccc(N(CCCCCNc2ccc(C=O)c(CN(C)C(CCC=O)C(=O)NC)c2)c2cc(-c3c(C)noc3C)ccc2C)cc1. The van der Waals surface area contributed by atoms with Crippen molar-refractivity contribution in [2.75, 3.05) is 37.4 Å². The summed E-state index contributed by atoms with van der Waals surface area (Å²) in [6, 6.07) is 20.4. The molecule has 55 heavy (non-hydrogen) atoms. The fourth-order valence-corrected chi connectivity index (χ4v) is 7.09. The second kappa shape index (κ2) is 20.8. The molecule has 1 atom stereocenters. The predicted octanol–water partition coefficient (Wildman–Crippen LogP) is 8.80. The molecular formula is C44H56N6O5. The number of aryl methyl sites for hydroxylation is 3. The Kier molecular flexibility index (Phi) is 15.9. The molecule has 0 spiro atoms. The van der Waals surface area contributed by atoms with Gasteiger partial charge in [0.15, 0.2) is 0 Å². The van der Waals surface area contributed by atoms with Gasteiger partial charge in [-0.15, -0.1) is 0 Å². The summed E-state index contributed by atoms with van der Waals surface area (Å²) in [6.45, 7) is 15.5. The van der Waals surface area contributed by atoms with E-state index in [2.05, 4.69) is 88.9 Å². The number of hydrogen-bond acceptors (Lipinski definition) is 10. The summed E-state index contributed by atoms with van der Waals surface area (Å²) in [5.74, 6) is 1.38. The number of hydrogen-bond donors (Lipinski definition) is 2. The fourth-order valence-electron chi connectivity index (χ4n) is 7.09. The Hall–Kier alpha value is -5.55. The molecule has 1 heterocycles. The van der Waals surface area contributed by atoms with E-state index in [1.165, 1.54) is 5.56 Å². The first kappa shape index (κ1) is 42.2. The zero-order chi connectivity index (χ0) is 39.9. The Morgan fingerprint density at radius 3 is 2.44 bits per heavy atom. The second-order valence-electron chi connectivity index (χ2n) is 13.8. The van der Waals surface area contributed by atoms with E-state index in [1.807, 2.05) is 50.9 Å². The minimum atomic E-state index is -0.477. The monoisotopic (exact) mass is 748 g/mol. The molecule has 1 amide bonds. The van der Waals surface area contributed by atoms with Crippen LogP contribution in [0.1, 0.15) is 90.9 Å². The largest absolute Gasteiger partial charge is 0.385 e. The number of benzene rings is 3. The molecule has 2 N–H and O–H groups in total.